The van der Waals surface area contributed by atoms with E-state index < -0.39 is 10.0 Å². The molecule has 1 N–H and O–H groups in total. The van der Waals surface area contributed by atoms with Crippen LogP contribution in [0.4, 0.5) is 0 Å². The second kappa shape index (κ2) is 9.59. The van der Waals surface area contributed by atoms with E-state index in [0.29, 0.717) is 25.4 Å². The maximum Gasteiger partial charge on any atom is 0.244 e. The average molecular weight is 373 g/mol. The first-order valence-electron chi connectivity index (χ1n) is 7.83. The number of hydrogen-bond donors (Lipinski definition) is 1. The number of hydrogen-bond acceptors (Lipinski definition) is 6. The van der Waals surface area contributed by atoms with Gasteiger partial charge in [0.15, 0.2) is 0 Å². The third-order valence-electron chi connectivity index (χ3n) is 3.60. The van der Waals surface area contributed by atoms with Gasteiger partial charge in [0.25, 0.3) is 0 Å². The molecule has 0 radical (unpaired) electrons. The van der Waals surface area contributed by atoms with Gasteiger partial charge in [-0.25, -0.2) is 13.1 Å². The molecule has 0 saturated heterocycles. The molecule has 1 amide bonds. The number of carbonyl (C=O) groups excluding carboxylic acids is 1. The Morgan fingerprint density at radius 2 is 1.80 bits per heavy atom. The molecule has 0 spiro atoms. The standard InChI is InChI=1S/C16H27N3O5S/c1-13(20)19(11-10-18(2)3)9-8-17-25(21,22)16-7-6-14(23-4)12-15(16)24-5/h6-7,12,17H,8-11H2,1-5H3. The van der Waals surface area contributed by atoms with Crippen molar-refractivity contribution >= 4 is 15.9 Å². The molecule has 0 aliphatic carbocycles. The predicted octanol–water partition coefficient (Wildman–Crippen LogP) is 0.392. The van der Waals surface area contributed by atoms with Gasteiger partial charge in [-0.2, -0.15) is 0 Å². The number of ether oxygens (including phenoxy) is 2. The maximum atomic E-state index is 12.5. The lowest BCUT2D eigenvalue weighted by atomic mass is 10.3. The highest BCUT2D eigenvalue weighted by molar-refractivity contribution is 7.89. The third kappa shape index (κ3) is 6.52. The zero-order chi connectivity index (χ0) is 19.0. The molecule has 9 heteroatoms. The van der Waals surface area contributed by atoms with E-state index in [1.807, 2.05) is 19.0 Å². The van der Waals surface area contributed by atoms with Gasteiger partial charge in [0.2, 0.25) is 15.9 Å². The highest BCUT2D eigenvalue weighted by Gasteiger charge is 2.20. The first-order valence-corrected chi connectivity index (χ1v) is 9.31. The molecule has 0 heterocycles. The lowest BCUT2D eigenvalue weighted by Crippen LogP contribution is -2.40. The molecular formula is C16H27N3O5S. The van der Waals surface area contributed by atoms with Crippen LogP contribution in [0.3, 0.4) is 0 Å². The van der Waals surface area contributed by atoms with Crippen molar-refractivity contribution in [2.24, 2.45) is 0 Å². The summed E-state index contributed by atoms with van der Waals surface area (Å²) in [6, 6.07) is 4.48. The van der Waals surface area contributed by atoms with Crippen LogP contribution in [0.5, 0.6) is 11.5 Å². The number of sulfonamides is 1. The Hall–Kier alpha value is -1.84. The largest absolute Gasteiger partial charge is 0.497 e. The quantitative estimate of drug-likeness (QED) is 0.638. The van der Waals surface area contributed by atoms with Gasteiger partial charge in [-0.15, -0.1) is 0 Å². The van der Waals surface area contributed by atoms with Crippen molar-refractivity contribution in [3.63, 3.8) is 0 Å². The summed E-state index contributed by atoms with van der Waals surface area (Å²) in [7, 11) is 2.95. The molecule has 0 atom stereocenters. The lowest BCUT2D eigenvalue weighted by Gasteiger charge is -2.23. The van der Waals surface area contributed by atoms with Gasteiger partial charge in [-0.3, -0.25) is 4.79 Å². The Bertz CT molecular complexity index is 676. The molecule has 0 fully saturated rings. The molecular weight excluding hydrogens is 346 g/mol. The molecule has 0 aliphatic rings. The van der Waals surface area contributed by atoms with Crippen LogP contribution < -0.4 is 14.2 Å². The number of carbonyl (C=O) groups is 1. The monoisotopic (exact) mass is 373 g/mol. The Balaban J connectivity index is 2.76. The fourth-order valence-electron chi connectivity index (χ4n) is 2.14. The maximum absolute atomic E-state index is 12.5. The van der Waals surface area contributed by atoms with Gasteiger partial charge in [0.05, 0.1) is 14.2 Å². The number of rotatable bonds is 10. The SMILES string of the molecule is COc1ccc(S(=O)(=O)NCCN(CCN(C)C)C(C)=O)c(OC)c1. The Kier molecular flexibility index (Phi) is 8.14. The van der Waals surface area contributed by atoms with Crippen LogP contribution in [0, 0.1) is 0 Å². The van der Waals surface area contributed by atoms with Gasteiger partial charge < -0.3 is 19.3 Å². The number of nitrogens with one attached hydrogen (secondary N) is 1. The minimum absolute atomic E-state index is 0.0264. The fourth-order valence-corrected chi connectivity index (χ4v) is 3.31. The van der Waals surface area contributed by atoms with Gasteiger partial charge in [-0.05, 0) is 26.2 Å². The van der Waals surface area contributed by atoms with E-state index in [2.05, 4.69) is 4.72 Å². The van der Waals surface area contributed by atoms with Crippen molar-refractivity contribution in [2.75, 3.05) is 54.5 Å². The smallest absolute Gasteiger partial charge is 0.244 e. The number of nitrogens with zero attached hydrogens (tertiary/aromatic N) is 2. The molecule has 1 aromatic carbocycles. The molecule has 0 aromatic heterocycles. The van der Waals surface area contributed by atoms with Crippen molar-refractivity contribution in [2.45, 2.75) is 11.8 Å². The Morgan fingerprint density at radius 1 is 1.12 bits per heavy atom. The normalized spacial score (nSPS) is 11.4. The van der Waals surface area contributed by atoms with E-state index in [4.69, 9.17) is 9.47 Å². The van der Waals surface area contributed by atoms with Crippen LogP contribution in [-0.4, -0.2) is 78.6 Å². The van der Waals surface area contributed by atoms with Crippen LogP contribution in [0.25, 0.3) is 0 Å². The third-order valence-corrected chi connectivity index (χ3v) is 5.10. The highest BCUT2D eigenvalue weighted by atomic mass is 32.2. The number of amides is 1. The van der Waals surface area contributed by atoms with E-state index in [1.165, 1.54) is 33.3 Å². The van der Waals surface area contributed by atoms with Gasteiger partial charge >= 0.3 is 0 Å². The van der Waals surface area contributed by atoms with E-state index >= 15 is 0 Å². The highest BCUT2D eigenvalue weighted by Crippen LogP contribution is 2.28. The summed E-state index contributed by atoms with van der Waals surface area (Å²) in [6.45, 7) is 3.12. The predicted molar refractivity (Wildman–Crippen MR) is 95.5 cm³/mol. The molecule has 25 heavy (non-hydrogen) atoms. The minimum Gasteiger partial charge on any atom is -0.497 e. The summed E-state index contributed by atoms with van der Waals surface area (Å²) in [5.41, 5.74) is 0. The zero-order valence-corrected chi connectivity index (χ0v) is 16.2. The van der Waals surface area contributed by atoms with E-state index in [0.717, 1.165) is 0 Å². The van der Waals surface area contributed by atoms with E-state index in [1.54, 1.807) is 11.0 Å². The van der Waals surface area contributed by atoms with Crippen molar-refractivity contribution in [1.29, 1.82) is 0 Å². The van der Waals surface area contributed by atoms with E-state index in [-0.39, 0.29) is 23.1 Å². The van der Waals surface area contributed by atoms with Crippen molar-refractivity contribution in [1.82, 2.24) is 14.5 Å². The Morgan fingerprint density at radius 3 is 2.32 bits per heavy atom. The summed E-state index contributed by atoms with van der Waals surface area (Å²) < 4.78 is 37.7. The van der Waals surface area contributed by atoms with Crippen LogP contribution in [0.1, 0.15) is 6.92 Å². The number of likely N-dealkylation sites (N-methyl/N-ethyl adjacent to an activating group) is 1. The van der Waals surface area contributed by atoms with Gasteiger partial charge in [0.1, 0.15) is 16.4 Å². The molecule has 0 aliphatic heterocycles. The van der Waals surface area contributed by atoms with Gasteiger partial charge in [0, 0.05) is 39.2 Å². The summed E-state index contributed by atoms with van der Waals surface area (Å²) in [6.07, 6.45) is 0. The molecule has 142 valence electrons. The van der Waals surface area contributed by atoms with Gasteiger partial charge in [-0.1, -0.05) is 0 Å². The van der Waals surface area contributed by atoms with Crippen LogP contribution in [0.2, 0.25) is 0 Å². The average Bonchev–Trinajstić information content (AvgIpc) is 2.56. The molecule has 0 unspecified atom stereocenters. The van der Waals surface area contributed by atoms with E-state index in [9.17, 15) is 13.2 Å². The molecule has 8 nitrogen and oxygen atoms in total. The molecule has 0 saturated carbocycles. The number of benzene rings is 1. The number of methoxy groups -OCH3 is 2. The van der Waals surface area contributed by atoms with Crippen molar-refractivity contribution < 1.29 is 22.7 Å². The minimum atomic E-state index is -3.76. The summed E-state index contributed by atoms with van der Waals surface area (Å²) in [5, 5.41) is 0. The topological polar surface area (TPSA) is 88.2 Å². The summed E-state index contributed by atoms with van der Waals surface area (Å²) in [5.74, 6) is 0.605. The second-order valence-corrected chi connectivity index (χ2v) is 7.46. The van der Waals surface area contributed by atoms with Crippen LogP contribution in [-0.2, 0) is 14.8 Å². The Labute approximate surface area is 149 Å². The molecule has 0 bridgehead atoms. The van der Waals surface area contributed by atoms with Crippen molar-refractivity contribution in [3.8, 4) is 11.5 Å². The zero-order valence-electron chi connectivity index (χ0n) is 15.4. The lowest BCUT2D eigenvalue weighted by molar-refractivity contribution is -0.128. The molecule has 1 rings (SSSR count). The van der Waals surface area contributed by atoms with Crippen LogP contribution in [0.15, 0.2) is 23.1 Å². The molecule has 1 aromatic rings. The van der Waals surface area contributed by atoms with Crippen LogP contribution >= 0.6 is 0 Å². The first-order chi connectivity index (χ1) is 11.7. The fraction of sp³-hybridized carbons (Fsp3) is 0.562. The first kappa shape index (κ1) is 21.2. The summed E-state index contributed by atoms with van der Waals surface area (Å²) >= 11 is 0. The summed E-state index contributed by atoms with van der Waals surface area (Å²) in [4.78, 5) is 15.2. The van der Waals surface area contributed by atoms with Crippen molar-refractivity contribution in [3.05, 3.63) is 18.2 Å². The second-order valence-electron chi connectivity index (χ2n) is 5.72.